The van der Waals surface area contributed by atoms with Crippen LogP contribution < -0.4 is 0 Å². The Hall–Kier alpha value is -0.510. The molecule has 3 saturated carbocycles. The van der Waals surface area contributed by atoms with Crippen molar-refractivity contribution in [2.24, 2.45) is 41.4 Å². The predicted molar refractivity (Wildman–Crippen MR) is 138 cm³/mol. The van der Waals surface area contributed by atoms with Crippen LogP contribution in [0.2, 0.25) is 0 Å². The van der Waals surface area contributed by atoms with Crippen molar-refractivity contribution in [2.45, 2.75) is 149 Å². The molecule has 1 heteroatoms. The Balaban J connectivity index is 1.32. The van der Waals surface area contributed by atoms with Crippen LogP contribution >= 0.6 is 0 Å². The largest absolute Gasteiger partial charge is 0.198 e. The third-order valence-electron chi connectivity index (χ3n) is 10.1. The van der Waals surface area contributed by atoms with E-state index in [1.165, 1.54) is 135 Å². The van der Waals surface area contributed by atoms with Gasteiger partial charge in [0, 0.05) is 5.92 Å². The van der Waals surface area contributed by atoms with E-state index in [4.69, 9.17) is 0 Å². The summed E-state index contributed by atoms with van der Waals surface area (Å²) in [6.07, 6.45) is 30.0. The number of hydrogen-bond acceptors (Lipinski definition) is 1. The third kappa shape index (κ3) is 8.37. The van der Waals surface area contributed by atoms with Crippen LogP contribution in [-0.4, -0.2) is 0 Å². The fraction of sp³-hybridized carbons (Fsp3) is 0.968. The smallest absolute Gasteiger partial charge is 0.0658 e. The summed E-state index contributed by atoms with van der Waals surface area (Å²) in [5.41, 5.74) is 0. The Morgan fingerprint density at radius 3 is 1.47 bits per heavy atom. The number of unbranched alkanes of at least 4 members (excludes halogenated alkanes) is 4. The summed E-state index contributed by atoms with van der Waals surface area (Å²) < 4.78 is 0. The van der Waals surface area contributed by atoms with Gasteiger partial charge in [0.2, 0.25) is 0 Å². The molecule has 0 spiro atoms. The summed E-state index contributed by atoms with van der Waals surface area (Å²) in [6.45, 7) is 4.63. The summed E-state index contributed by atoms with van der Waals surface area (Å²) in [5, 5.41) is 9.96. The molecule has 0 heterocycles. The highest BCUT2D eigenvalue weighted by Crippen LogP contribution is 2.45. The van der Waals surface area contributed by atoms with E-state index in [2.05, 4.69) is 19.9 Å². The number of hydrogen-bond donors (Lipinski definition) is 0. The van der Waals surface area contributed by atoms with Gasteiger partial charge < -0.3 is 0 Å². The van der Waals surface area contributed by atoms with Gasteiger partial charge in [-0.2, -0.15) is 5.26 Å². The van der Waals surface area contributed by atoms with Crippen molar-refractivity contribution in [1.82, 2.24) is 0 Å². The van der Waals surface area contributed by atoms with E-state index in [9.17, 15) is 5.26 Å². The molecule has 0 aromatic rings. The molecule has 3 rings (SSSR count). The van der Waals surface area contributed by atoms with Crippen molar-refractivity contribution in [3.63, 3.8) is 0 Å². The molecule has 0 saturated heterocycles. The molecule has 184 valence electrons. The first-order valence-electron chi connectivity index (χ1n) is 15.1. The van der Waals surface area contributed by atoms with Crippen LogP contribution in [0.1, 0.15) is 149 Å². The lowest BCUT2D eigenvalue weighted by atomic mass is 9.66. The monoisotopic (exact) mass is 441 g/mol. The van der Waals surface area contributed by atoms with Crippen LogP contribution in [0.15, 0.2) is 0 Å². The topological polar surface area (TPSA) is 23.8 Å². The molecule has 0 radical (unpaired) electrons. The van der Waals surface area contributed by atoms with Crippen LogP contribution in [-0.2, 0) is 0 Å². The molecule has 3 aliphatic carbocycles. The highest BCUT2D eigenvalue weighted by Gasteiger charge is 2.33. The molecule has 0 aromatic heterocycles. The van der Waals surface area contributed by atoms with Crippen molar-refractivity contribution in [3.8, 4) is 6.07 Å². The molecule has 0 aliphatic heterocycles. The summed E-state index contributed by atoms with van der Waals surface area (Å²) in [5.74, 6) is 5.98. The Morgan fingerprint density at radius 1 is 0.594 bits per heavy atom. The second-order valence-electron chi connectivity index (χ2n) is 12.3. The van der Waals surface area contributed by atoms with Crippen LogP contribution in [0, 0.1) is 52.8 Å². The van der Waals surface area contributed by atoms with Gasteiger partial charge in [0.1, 0.15) is 0 Å². The van der Waals surface area contributed by atoms with Gasteiger partial charge >= 0.3 is 0 Å². The highest BCUT2D eigenvalue weighted by molar-refractivity contribution is 4.93. The molecule has 3 fully saturated rings. The Kier molecular flexibility index (Phi) is 12.0. The first-order valence-corrected chi connectivity index (χ1v) is 15.1. The van der Waals surface area contributed by atoms with Gasteiger partial charge in [0.15, 0.2) is 0 Å². The van der Waals surface area contributed by atoms with Crippen molar-refractivity contribution < 1.29 is 0 Å². The molecule has 1 atom stereocenters. The second-order valence-corrected chi connectivity index (χ2v) is 12.3. The lowest BCUT2D eigenvalue weighted by Crippen LogP contribution is -2.28. The molecule has 1 unspecified atom stereocenters. The quantitative estimate of drug-likeness (QED) is 0.276. The van der Waals surface area contributed by atoms with E-state index in [-0.39, 0.29) is 0 Å². The van der Waals surface area contributed by atoms with Gasteiger partial charge in [-0.15, -0.1) is 0 Å². The average molecular weight is 442 g/mol. The van der Waals surface area contributed by atoms with E-state index in [1.54, 1.807) is 0 Å². The zero-order valence-corrected chi connectivity index (χ0v) is 21.8. The van der Waals surface area contributed by atoms with Crippen molar-refractivity contribution in [1.29, 1.82) is 5.26 Å². The van der Waals surface area contributed by atoms with Crippen LogP contribution in [0.3, 0.4) is 0 Å². The summed E-state index contributed by atoms with van der Waals surface area (Å²) >= 11 is 0. The minimum absolute atomic E-state index is 0.353. The molecular formula is C31H55N. The number of nitriles is 1. The van der Waals surface area contributed by atoms with Gasteiger partial charge in [0.05, 0.1) is 6.07 Å². The first kappa shape index (κ1) is 26.1. The third-order valence-corrected chi connectivity index (χ3v) is 10.1. The van der Waals surface area contributed by atoms with Crippen molar-refractivity contribution in [3.05, 3.63) is 0 Å². The van der Waals surface area contributed by atoms with E-state index < -0.39 is 0 Å². The summed E-state index contributed by atoms with van der Waals surface area (Å²) in [4.78, 5) is 0. The molecule has 3 aliphatic rings. The molecule has 0 amide bonds. The maximum Gasteiger partial charge on any atom is 0.0658 e. The van der Waals surface area contributed by atoms with Gasteiger partial charge in [-0.05, 0) is 80.5 Å². The van der Waals surface area contributed by atoms with Crippen molar-refractivity contribution >= 4 is 0 Å². The van der Waals surface area contributed by atoms with Gasteiger partial charge in [-0.3, -0.25) is 0 Å². The molecular weight excluding hydrogens is 386 g/mol. The maximum absolute atomic E-state index is 9.96. The Labute approximate surface area is 201 Å². The Bertz CT molecular complexity index is 509. The number of nitrogens with zero attached hydrogens (tertiary/aromatic N) is 1. The summed E-state index contributed by atoms with van der Waals surface area (Å²) in [6, 6.07) is 2.79. The molecule has 0 aromatic carbocycles. The molecule has 32 heavy (non-hydrogen) atoms. The van der Waals surface area contributed by atoms with Crippen LogP contribution in [0.5, 0.6) is 0 Å². The average Bonchev–Trinajstić information content (AvgIpc) is 2.84. The second kappa shape index (κ2) is 14.7. The minimum atomic E-state index is 0.353. The lowest BCUT2D eigenvalue weighted by molar-refractivity contribution is 0.128. The SMILES string of the molecule is CCCCC[C@H]1CC[C@H](C(C#N)C[C@H]2CC[C@H]([C@H]3CC[C@H](CCCCC)CC3)CC2)CC1. The zero-order chi connectivity index (χ0) is 22.6. The standard InChI is InChI=1S/C31H55N/c1-3-5-7-9-25-11-17-28(18-12-25)29-21-15-27(16-22-29)23-31(24-32)30-19-13-26(14-20-30)10-8-6-4-2/h25-31H,3-23H2,1-2H3/t25-,26-,27-,28-,29-,30-,31?. The fourth-order valence-electron chi connectivity index (χ4n) is 7.80. The first-order chi connectivity index (χ1) is 15.7. The van der Waals surface area contributed by atoms with Gasteiger partial charge in [-0.25, -0.2) is 0 Å². The van der Waals surface area contributed by atoms with Crippen LogP contribution in [0.25, 0.3) is 0 Å². The minimum Gasteiger partial charge on any atom is -0.198 e. The van der Waals surface area contributed by atoms with Gasteiger partial charge in [0.25, 0.3) is 0 Å². The Morgan fingerprint density at radius 2 is 1.03 bits per heavy atom. The molecule has 1 nitrogen and oxygen atoms in total. The highest BCUT2D eigenvalue weighted by atomic mass is 14.4. The van der Waals surface area contributed by atoms with Crippen LogP contribution in [0.4, 0.5) is 0 Å². The van der Waals surface area contributed by atoms with Gasteiger partial charge in [-0.1, -0.05) is 104 Å². The summed E-state index contributed by atoms with van der Waals surface area (Å²) in [7, 11) is 0. The maximum atomic E-state index is 9.96. The van der Waals surface area contributed by atoms with E-state index >= 15 is 0 Å². The molecule has 0 N–H and O–H groups in total. The number of rotatable bonds is 12. The lowest BCUT2D eigenvalue weighted by Gasteiger charge is -2.39. The zero-order valence-electron chi connectivity index (χ0n) is 21.8. The van der Waals surface area contributed by atoms with E-state index in [1.807, 2.05) is 0 Å². The van der Waals surface area contributed by atoms with Crippen molar-refractivity contribution in [2.75, 3.05) is 0 Å². The fourth-order valence-corrected chi connectivity index (χ4v) is 7.80. The molecule has 0 bridgehead atoms. The predicted octanol–water partition coefficient (Wildman–Crippen LogP) is 10.1. The normalized spacial score (nSPS) is 34.7. The van der Waals surface area contributed by atoms with E-state index in [0.29, 0.717) is 11.8 Å². The van der Waals surface area contributed by atoms with E-state index in [0.717, 1.165) is 29.6 Å².